The number of aromatic nitrogens is 1. The van der Waals surface area contributed by atoms with Crippen molar-refractivity contribution >= 4 is 5.97 Å². The van der Waals surface area contributed by atoms with Crippen LogP contribution in [0.1, 0.15) is 61.7 Å². The van der Waals surface area contributed by atoms with Gasteiger partial charge in [0.1, 0.15) is 5.76 Å². The Morgan fingerprint density at radius 3 is 2.14 bits per heavy atom. The summed E-state index contributed by atoms with van der Waals surface area (Å²) in [7, 11) is 0. The van der Waals surface area contributed by atoms with Crippen molar-refractivity contribution in [2.24, 2.45) is 0 Å². The first kappa shape index (κ1) is 10.8. The molecule has 0 aliphatic rings. The first-order chi connectivity index (χ1) is 6.43. The number of hydrogen-bond acceptors (Lipinski definition) is 3. The van der Waals surface area contributed by atoms with Crippen LogP contribution in [0.4, 0.5) is 0 Å². The fraction of sp³-hybridized carbons (Fsp3) is 0.600. The van der Waals surface area contributed by atoms with Crippen LogP contribution >= 0.6 is 0 Å². The molecule has 1 aromatic rings. The van der Waals surface area contributed by atoms with Crippen molar-refractivity contribution in [2.45, 2.75) is 39.5 Å². The average molecular weight is 197 g/mol. The van der Waals surface area contributed by atoms with Gasteiger partial charge < -0.3 is 9.52 Å². The Morgan fingerprint density at radius 1 is 1.29 bits per heavy atom. The second kappa shape index (κ2) is 3.82. The molecule has 0 radical (unpaired) electrons. The molecular formula is C10H15NO3. The number of carboxylic acids is 1. The monoisotopic (exact) mass is 197 g/mol. The number of carbonyl (C=O) groups is 1. The van der Waals surface area contributed by atoms with Gasteiger partial charge in [0.25, 0.3) is 0 Å². The minimum absolute atomic E-state index is 0.160. The Labute approximate surface area is 83.0 Å². The van der Waals surface area contributed by atoms with E-state index in [0.717, 1.165) is 5.69 Å². The Morgan fingerprint density at radius 2 is 1.86 bits per heavy atom. The molecule has 0 aliphatic heterocycles. The first-order valence-electron chi connectivity index (χ1n) is 4.67. The number of aromatic carboxylic acids is 1. The summed E-state index contributed by atoms with van der Waals surface area (Å²) in [4.78, 5) is 14.6. The third kappa shape index (κ3) is 1.95. The highest BCUT2D eigenvalue weighted by atomic mass is 16.4. The highest BCUT2D eigenvalue weighted by molar-refractivity contribution is 5.82. The largest absolute Gasteiger partial charge is 0.474 e. The normalized spacial score (nSPS) is 11.3. The molecule has 0 aliphatic carbocycles. The maximum absolute atomic E-state index is 10.7. The van der Waals surface area contributed by atoms with Gasteiger partial charge in [-0.25, -0.2) is 9.78 Å². The zero-order valence-corrected chi connectivity index (χ0v) is 8.87. The van der Waals surface area contributed by atoms with Crippen LogP contribution in [0.15, 0.2) is 4.42 Å². The molecule has 0 fully saturated rings. The number of nitrogens with zero attached hydrogens (tertiary/aromatic N) is 1. The van der Waals surface area contributed by atoms with E-state index < -0.39 is 5.97 Å². The lowest BCUT2D eigenvalue weighted by Gasteiger charge is -2.05. The molecule has 0 amide bonds. The molecule has 0 saturated heterocycles. The zero-order valence-electron chi connectivity index (χ0n) is 8.87. The van der Waals surface area contributed by atoms with Gasteiger partial charge in [0.15, 0.2) is 0 Å². The third-order valence-corrected chi connectivity index (χ3v) is 1.94. The molecule has 0 bridgehead atoms. The van der Waals surface area contributed by atoms with Gasteiger partial charge in [-0.3, -0.25) is 0 Å². The summed E-state index contributed by atoms with van der Waals surface area (Å²) in [6.07, 6.45) is 0. The van der Waals surface area contributed by atoms with Crippen molar-refractivity contribution in [3.63, 3.8) is 0 Å². The molecule has 1 N–H and O–H groups in total. The van der Waals surface area contributed by atoms with E-state index in [1.54, 1.807) is 0 Å². The lowest BCUT2D eigenvalue weighted by atomic mass is 10.0. The van der Waals surface area contributed by atoms with E-state index in [1.807, 2.05) is 27.7 Å². The van der Waals surface area contributed by atoms with Crippen LogP contribution in [-0.4, -0.2) is 16.1 Å². The van der Waals surface area contributed by atoms with E-state index >= 15 is 0 Å². The molecule has 0 saturated carbocycles. The SMILES string of the molecule is CC(C)c1nc(C(=O)O)oc1C(C)C. The van der Waals surface area contributed by atoms with Crippen LogP contribution in [0.2, 0.25) is 0 Å². The fourth-order valence-corrected chi connectivity index (χ4v) is 1.26. The van der Waals surface area contributed by atoms with E-state index in [4.69, 9.17) is 9.52 Å². The van der Waals surface area contributed by atoms with Crippen LogP contribution in [0, 0.1) is 0 Å². The molecule has 4 heteroatoms. The molecule has 78 valence electrons. The fourth-order valence-electron chi connectivity index (χ4n) is 1.26. The highest BCUT2D eigenvalue weighted by Crippen LogP contribution is 2.26. The van der Waals surface area contributed by atoms with Crippen LogP contribution in [0.25, 0.3) is 0 Å². The van der Waals surface area contributed by atoms with Crippen LogP contribution < -0.4 is 0 Å². The molecule has 0 unspecified atom stereocenters. The van der Waals surface area contributed by atoms with Crippen molar-refractivity contribution in [2.75, 3.05) is 0 Å². The van der Waals surface area contributed by atoms with Gasteiger partial charge in [-0.05, 0) is 5.92 Å². The van der Waals surface area contributed by atoms with E-state index in [-0.39, 0.29) is 17.7 Å². The highest BCUT2D eigenvalue weighted by Gasteiger charge is 2.21. The molecule has 1 aromatic heterocycles. The smallest absolute Gasteiger partial charge is 0.392 e. The van der Waals surface area contributed by atoms with Gasteiger partial charge >= 0.3 is 11.9 Å². The average Bonchev–Trinajstić information content (AvgIpc) is 2.47. The second-order valence-electron chi connectivity index (χ2n) is 3.88. The van der Waals surface area contributed by atoms with Gasteiger partial charge in [0, 0.05) is 5.92 Å². The van der Waals surface area contributed by atoms with E-state index in [0.29, 0.717) is 5.76 Å². The summed E-state index contributed by atoms with van der Waals surface area (Å²) in [6, 6.07) is 0. The molecule has 14 heavy (non-hydrogen) atoms. The van der Waals surface area contributed by atoms with E-state index in [1.165, 1.54) is 0 Å². The quantitative estimate of drug-likeness (QED) is 0.808. The standard InChI is InChI=1S/C10H15NO3/c1-5(2)7-8(6(3)4)14-9(11-7)10(12)13/h5-6H,1-4H3,(H,12,13). The van der Waals surface area contributed by atoms with Crippen molar-refractivity contribution in [3.8, 4) is 0 Å². The maximum Gasteiger partial charge on any atom is 0.392 e. The topological polar surface area (TPSA) is 63.3 Å². The summed E-state index contributed by atoms with van der Waals surface area (Å²) in [5.74, 6) is -0.300. The minimum Gasteiger partial charge on any atom is -0.474 e. The predicted octanol–water partition coefficient (Wildman–Crippen LogP) is 2.62. The summed E-state index contributed by atoms with van der Waals surface area (Å²) >= 11 is 0. The Kier molecular flexibility index (Phi) is 2.93. The van der Waals surface area contributed by atoms with Crippen molar-refractivity contribution < 1.29 is 14.3 Å². The van der Waals surface area contributed by atoms with E-state index in [2.05, 4.69) is 4.98 Å². The molecular weight excluding hydrogens is 182 g/mol. The summed E-state index contributed by atoms with van der Waals surface area (Å²) in [5, 5.41) is 8.73. The van der Waals surface area contributed by atoms with Crippen molar-refractivity contribution in [3.05, 3.63) is 17.3 Å². The Balaban J connectivity index is 3.19. The molecule has 0 spiro atoms. The third-order valence-electron chi connectivity index (χ3n) is 1.94. The van der Waals surface area contributed by atoms with Crippen LogP contribution in [0.5, 0.6) is 0 Å². The lowest BCUT2D eigenvalue weighted by molar-refractivity contribution is 0.0651. The number of oxazole rings is 1. The number of rotatable bonds is 3. The van der Waals surface area contributed by atoms with Gasteiger partial charge in [0.05, 0.1) is 5.69 Å². The maximum atomic E-state index is 10.7. The lowest BCUT2D eigenvalue weighted by Crippen LogP contribution is -1.97. The molecule has 4 nitrogen and oxygen atoms in total. The number of hydrogen-bond donors (Lipinski definition) is 1. The van der Waals surface area contributed by atoms with Gasteiger partial charge in [-0.1, -0.05) is 27.7 Å². The van der Waals surface area contributed by atoms with Gasteiger partial charge in [-0.2, -0.15) is 0 Å². The minimum atomic E-state index is -1.11. The molecule has 0 aromatic carbocycles. The van der Waals surface area contributed by atoms with Crippen LogP contribution in [0.3, 0.4) is 0 Å². The first-order valence-corrected chi connectivity index (χ1v) is 4.67. The van der Waals surface area contributed by atoms with E-state index in [9.17, 15) is 4.79 Å². The zero-order chi connectivity index (χ0) is 10.9. The van der Waals surface area contributed by atoms with Crippen LogP contribution in [-0.2, 0) is 0 Å². The van der Waals surface area contributed by atoms with Gasteiger partial charge in [0.2, 0.25) is 0 Å². The predicted molar refractivity (Wildman–Crippen MR) is 51.6 cm³/mol. The molecule has 0 atom stereocenters. The Hall–Kier alpha value is -1.32. The molecule has 1 heterocycles. The second-order valence-corrected chi connectivity index (χ2v) is 3.88. The van der Waals surface area contributed by atoms with Crippen molar-refractivity contribution in [1.82, 2.24) is 4.98 Å². The van der Waals surface area contributed by atoms with Gasteiger partial charge in [-0.15, -0.1) is 0 Å². The summed E-state index contributed by atoms with van der Waals surface area (Å²) < 4.78 is 5.19. The van der Waals surface area contributed by atoms with Crippen molar-refractivity contribution in [1.29, 1.82) is 0 Å². The molecule has 1 rings (SSSR count). The summed E-state index contributed by atoms with van der Waals surface area (Å²) in [6.45, 7) is 7.85. The Bertz CT molecular complexity index is 314. The summed E-state index contributed by atoms with van der Waals surface area (Å²) in [5.41, 5.74) is 0.748. The number of carboxylic acid groups (broad SMARTS) is 1.